The molecule has 27 heavy (non-hydrogen) atoms. The van der Waals surface area contributed by atoms with Crippen LogP contribution in [0, 0.1) is 5.41 Å². The molecule has 2 aliphatic rings. The van der Waals surface area contributed by atoms with Crippen LogP contribution in [0.5, 0.6) is 0 Å². The first-order valence-electron chi connectivity index (χ1n) is 9.04. The van der Waals surface area contributed by atoms with Gasteiger partial charge in [0.15, 0.2) is 5.41 Å². The minimum Gasteiger partial charge on any atom is -0.468 e. The summed E-state index contributed by atoms with van der Waals surface area (Å²) in [5.41, 5.74) is -2.04. The van der Waals surface area contributed by atoms with Crippen LogP contribution in [-0.2, 0) is 28.6 Å². The van der Waals surface area contributed by atoms with E-state index < -0.39 is 34.8 Å². The summed E-state index contributed by atoms with van der Waals surface area (Å²) in [6.07, 6.45) is 2.17. The van der Waals surface area contributed by atoms with Gasteiger partial charge in [-0.25, -0.2) is 0 Å². The molecule has 146 valence electrons. The van der Waals surface area contributed by atoms with Crippen molar-refractivity contribution in [3.8, 4) is 0 Å². The lowest BCUT2D eigenvalue weighted by molar-refractivity contribution is -0.170. The van der Waals surface area contributed by atoms with Gasteiger partial charge in [0.25, 0.3) is 0 Å². The van der Waals surface area contributed by atoms with Crippen molar-refractivity contribution in [3.05, 3.63) is 35.9 Å². The van der Waals surface area contributed by atoms with Gasteiger partial charge in [-0.15, -0.1) is 0 Å². The molecule has 0 amide bonds. The van der Waals surface area contributed by atoms with Gasteiger partial charge in [0, 0.05) is 12.5 Å². The van der Waals surface area contributed by atoms with Gasteiger partial charge in [-0.1, -0.05) is 30.3 Å². The molecule has 0 aliphatic carbocycles. The summed E-state index contributed by atoms with van der Waals surface area (Å²) in [4.78, 5) is 41.0. The lowest BCUT2D eigenvalue weighted by Gasteiger charge is -2.43. The van der Waals surface area contributed by atoms with Crippen LogP contribution < -0.4 is 0 Å². The molecule has 2 heterocycles. The Hall–Kier alpha value is -2.41. The topological polar surface area (TPSA) is 82.1 Å². The van der Waals surface area contributed by atoms with Gasteiger partial charge in [-0.3, -0.25) is 19.3 Å². The molecule has 2 atom stereocenters. The number of carbonyl (C=O) groups excluding carboxylic acids is 3. The quantitative estimate of drug-likeness (QED) is 0.448. The third kappa shape index (κ3) is 2.64. The van der Waals surface area contributed by atoms with Crippen LogP contribution in [0.15, 0.2) is 30.3 Å². The van der Waals surface area contributed by atoms with Crippen molar-refractivity contribution < 1.29 is 28.6 Å². The number of carbonyl (C=O) groups is 3. The Bertz CT molecular complexity index is 717. The fourth-order valence-electron chi connectivity index (χ4n) is 4.95. The Morgan fingerprint density at radius 1 is 0.926 bits per heavy atom. The van der Waals surface area contributed by atoms with E-state index in [4.69, 9.17) is 14.2 Å². The van der Waals surface area contributed by atoms with E-state index in [1.165, 1.54) is 21.3 Å². The van der Waals surface area contributed by atoms with Gasteiger partial charge in [-0.05, 0) is 31.4 Å². The summed E-state index contributed by atoms with van der Waals surface area (Å²) < 4.78 is 15.3. The van der Waals surface area contributed by atoms with Crippen molar-refractivity contribution in [2.24, 2.45) is 5.41 Å². The second-order valence-corrected chi connectivity index (χ2v) is 7.09. The second-order valence-electron chi connectivity index (χ2n) is 7.09. The van der Waals surface area contributed by atoms with Gasteiger partial charge >= 0.3 is 17.9 Å². The number of piperidine rings is 1. The van der Waals surface area contributed by atoms with E-state index in [1.807, 2.05) is 35.2 Å². The molecule has 1 aromatic rings. The highest BCUT2D eigenvalue weighted by Gasteiger charge is 2.73. The normalized spacial score (nSPS) is 26.7. The molecule has 0 saturated carbocycles. The van der Waals surface area contributed by atoms with Crippen molar-refractivity contribution in [2.75, 3.05) is 34.4 Å². The van der Waals surface area contributed by atoms with Gasteiger partial charge in [0.05, 0.1) is 21.3 Å². The van der Waals surface area contributed by atoms with Crippen LogP contribution >= 0.6 is 0 Å². The monoisotopic (exact) mass is 375 g/mol. The van der Waals surface area contributed by atoms with Crippen LogP contribution in [0.25, 0.3) is 0 Å². The smallest absolute Gasteiger partial charge is 0.326 e. The number of esters is 3. The zero-order chi connectivity index (χ0) is 19.7. The first kappa shape index (κ1) is 19.4. The fourth-order valence-corrected chi connectivity index (χ4v) is 4.95. The molecule has 2 saturated heterocycles. The predicted octanol–water partition coefficient (Wildman–Crippen LogP) is 1.51. The highest BCUT2D eigenvalue weighted by molar-refractivity contribution is 6.04. The van der Waals surface area contributed by atoms with Crippen LogP contribution in [0.4, 0.5) is 0 Å². The summed E-state index contributed by atoms with van der Waals surface area (Å²) in [6.45, 7) is 0.648. The average Bonchev–Trinajstić information content (AvgIpc) is 3.05. The minimum absolute atomic E-state index is 0.0566. The summed E-state index contributed by atoms with van der Waals surface area (Å²) in [7, 11) is 3.83. The highest BCUT2D eigenvalue weighted by atomic mass is 16.5. The third-order valence-electron chi connectivity index (χ3n) is 5.98. The molecule has 7 heteroatoms. The van der Waals surface area contributed by atoms with Crippen molar-refractivity contribution in [1.82, 2.24) is 4.90 Å². The SMILES string of the molecule is COC(=O)C1(C(=O)OC)CN2CCCC[C@]2(C(=O)OC)[C@H]1c1ccccc1. The Balaban J connectivity index is 2.32. The van der Waals surface area contributed by atoms with Crippen molar-refractivity contribution >= 4 is 17.9 Å². The van der Waals surface area contributed by atoms with Crippen LogP contribution in [0.2, 0.25) is 0 Å². The zero-order valence-electron chi connectivity index (χ0n) is 15.9. The van der Waals surface area contributed by atoms with E-state index in [2.05, 4.69) is 0 Å². The molecule has 0 bridgehead atoms. The van der Waals surface area contributed by atoms with Gasteiger partial charge in [0.1, 0.15) is 5.54 Å². The summed E-state index contributed by atoms with van der Waals surface area (Å²) in [5.74, 6) is -2.59. The maximum Gasteiger partial charge on any atom is 0.326 e. The first-order chi connectivity index (χ1) is 13.0. The summed E-state index contributed by atoms with van der Waals surface area (Å²) in [5, 5.41) is 0. The number of nitrogens with zero attached hydrogens (tertiary/aromatic N) is 1. The van der Waals surface area contributed by atoms with E-state index >= 15 is 0 Å². The van der Waals surface area contributed by atoms with Gasteiger partial charge in [0.2, 0.25) is 0 Å². The number of hydrogen-bond acceptors (Lipinski definition) is 7. The van der Waals surface area contributed by atoms with Crippen molar-refractivity contribution in [2.45, 2.75) is 30.7 Å². The molecule has 7 nitrogen and oxygen atoms in total. The molecule has 3 rings (SSSR count). The first-order valence-corrected chi connectivity index (χ1v) is 9.04. The number of methoxy groups -OCH3 is 3. The molecular formula is C20H25NO6. The molecule has 0 N–H and O–H groups in total. The zero-order valence-corrected chi connectivity index (χ0v) is 15.9. The van der Waals surface area contributed by atoms with Crippen LogP contribution in [0.1, 0.15) is 30.7 Å². The summed E-state index contributed by atoms with van der Waals surface area (Å²) in [6, 6.07) is 9.15. The Morgan fingerprint density at radius 2 is 1.52 bits per heavy atom. The molecule has 2 fully saturated rings. The van der Waals surface area contributed by atoms with E-state index in [1.54, 1.807) is 0 Å². The fraction of sp³-hybridized carbons (Fsp3) is 0.550. The average molecular weight is 375 g/mol. The van der Waals surface area contributed by atoms with Crippen LogP contribution in [-0.4, -0.2) is 62.8 Å². The number of fused-ring (bicyclic) bond motifs is 1. The highest BCUT2D eigenvalue weighted by Crippen LogP contribution is 2.57. The second kappa shape index (κ2) is 7.31. The predicted molar refractivity (Wildman–Crippen MR) is 95.8 cm³/mol. The molecule has 0 radical (unpaired) electrons. The molecule has 0 spiro atoms. The Kier molecular flexibility index (Phi) is 5.24. The molecule has 0 unspecified atom stereocenters. The maximum absolute atomic E-state index is 13.1. The molecule has 0 aromatic heterocycles. The largest absolute Gasteiger partial charge is 0.468 e. The Labute approximate surface area is 158 Å². The van der Waals surface area contributed by atoms with Gasteiger partial charge in [-0.2, -0.15) is 0 Å². The number of benzene rings is 1. The lowest BCUT2D eigenvalue weighted by Crippen LogP contribution is -2.57. The molecular weight excluding hydrogens is 350 g/mol. The van der Waals surface area contributed by atoms with E-state index in [-0.39, 0.29) is 6.54 Å². The van der Waals surface area contributed by atoms with Gasteiger partial charge < -0.3 is 14.2 Å². The van der Waals surface area contributed by atoms with Crippen molar-refractivity contribution in [1.29, 1.82) is 0 Å². The minimum atomic E-state index is -1.64. The van der Waals surface area contributed by atoms with E-state index in [9.17, 15) is 14.4 Å². The van der Waals surface area contributed by atoms with Crippen LogP contribution in [0.3, 0.4) is 0 Å². The van der Waals surface area contributed by atoms with E-state index in [0.717, 1.165) is 12.8 Å². The Morgan fingerprint density at radius 3 is 2.07 bits per heavy atom. The maximum atomic E-state index is 13.1. The number of hydrogen-bond donors (Lipinski definition) is 0. The standard InChI is InChI=1S/C20H25NO6/c1-25-16(22)19(17(23)26-2)13-21-12-8-7-11-20(21,18(24)27-3)15(19)14-9-5-4-6-10-14/h4-6,9-10,15H,7-8,11-13H2,1-3H3/t15-,20+/m0/s1. The lowest BCUT2D eigenvalue weighted by atomic mass is 9.64. The van der Waals surface area contributed by atoms with Crippen molar-refractivity contribution in [3.63, 3.8) is 0 Å². The molecule has 2 aliphatic heterocycles. The number of rotatable bonds is 4. The molecule has 1 aromatic carbocycles. The van der Waals surface area contributed by atoms with E-state index in [0.29, 0.717) is 18.5 Å². The summed E-state index contributed by atoms with van der Waals surface area (Å²) >= 11 is 0. The third-order valence-corrected chi connectivity index (χ3v) is 5.98. The number of ether oxygens (including phenoxy) is 3.